The monoisotopic (exact) mass is 479 g/mol. The molecule has 0 bridgehead atoms. The molecular formula is C29H38ClN3O. The first kappa shape index (κ1) is 24.8. The van der Waals surface area contributed by atoms with E-state index in [-0.39, 0.29) is 0 Å². The molecule has 4 rings (SSSR count). The lowest BCUT2D eigenvalue weighted by molar-refractivity contribution is 0.235. The number of aryl methyl sites for hydroxylation is 1. The molecule has 0 saturated carbocycles. The molecule has 2 aromatic carbocycles. The fraction of sp³-hybridized carbons (Fsp3) is 0.483. The molecule has 0 atom stereocenters. The summed E-state index contributed by atoms with van der Waals surface area (Å²) in [5, 5.41) is 0.631. The molecule has 1 aromatic heterocycles. The van der Waals surface area contributed by atoms with Gasteiger partial charge in [-0.15, -0.1) is 0 Å². The van der Waals surface area contributed by atoms with Crippen LogP contribution in [0.3, 0.4) is 0 Å². The lowest BCUT2D eigenvalue weighted by Gasteiger charge is -2.25. The second kappa shape index (κ2) is 11.4. The van der Waals surface area contributed by atoms with Gasteiger partial charge in [-0.1, -0.05) is 75.2 Å². The van der Waals surface area contributed by atoms with Gasteiger partial charge in [0.25, 0.3) is 0 Å². The quantitative estimate of drug-likeness (QED) is 0.289. The molecule has 0 amide bonds. The average Bonchev–Trinajstić information content (AvgIpc) is 3.40. The Balaban J connectivity index is 1.65. The standard InChI is InChI=1S/C29H38ClN3O/c1-5-6-15-33-26(28(30)31-29(33)25-10-8-7-9-22(25)4)20-32(16-13-21(2)3)19-23-11-12-27-24(18-23)14-17-34-27/h7-12,18,21H,5-6,13-17,19-20H2,1-4H3. The lowest BCUT2D eigenvalue weighted by Crippen LogP contribution is -2.26. The fourth-order valence-corrected chi connectivity index (χ4v) is 4.90. The molecule has 0 aliphatic carbocycles. The molecule has 0 fully saturated rings. The lowest BCUT2D eigenvalue weighted by atomic mass is 10.1. The smallest absolute Gasteiger partial charge is 0.152 e. The second-order valence-electron chi connectivity index (χ2n) is 9.93. The van der Waals surface area contributed by atoms with Crippen LogP contribution in [0, 0.1) is 12.8 Å². The molecule has 1 aliphatic rings. The van der Waals surface area contributed by atoms with E-state index in [1.54, 1.807) is 0 Å². The van der Waals surface area contributed by atoms with E-state index >= 15 is 0 Å². The van der Waals surface area contributed by atoms with Crippen molar-refractivity contribution in [3.05, 3.63) is 70.0 Å². The van der Waals surface area contributed by atoms with Gasteiger partial charge in [0.05, 0.1) is 12.3 Å². The van der Waals surface area contributed by atoms with Crippen LogP contribution in [0.1, 0.15) is 62.4 Å². The van der Waals surface area contributed by atoms with Crippen LogP contribution < -0.4 is 4.74 Å². The highest BCUT2D eigenvalue weighted by atomic mass is 35.5. The summed E-state index contributed by atoms with van der Waals surface area (Å²) in [5.41, 5.74) is 6.18. The molecule has 182 valence electrons. The van der Waals surface area contributed by atoms with Crippen molar-refractivity contribution in [3.8, 4) is 17.1 Å². The number of ether oxygens (including phenoxy) is 1. The summed E-state index contributed by atoms with van der Waals surface area (Å²) in [6.07, 6.45) is 4.40. The first-order valence-corrected chi connectivity index (χ1v) is 13.1. The molecular weight excluding hydrogens is 442 g/mol. The van der Waals surface area contributed by atoms with Crippen LogP contribution in [-0.2, 0) is 26.1 Å². The summed E-state index contributed by atoms with van der Waals surface area (Å²) < 4.78 is 8.08. The second-order valence-corrected chi connectivity index (χ2v) is 10.3. The van der Waals surface area contributed by atoms with Crippen molar-refractivity contribution in [2.45, 2.75) is 73.0 Å². The molecule has 34 heavy (non-hydrogen) atoms. The maximum atomic E-state index is 6.84. The average molecular weight is 480 g/mol. The van der Waals surface area contributed by atoms with E-state index in [4.69, 9.17) is 21.3 Å². The molecule has 0 unspecified atom stereocenters. The fourth-order valence-electron chi connectivity index (χ4n) is 4.66. The number of hydrogen-bond acceptors (Lipinski definition) is 3. The minimum Gasteiger partial charge on any atom is -0.493 e. The Morgan fingerprint density at radius 2 is 1.97 bits per heavy atom. The predicted octanol–water partition coefficient (Wildman–Crippen LogP) is 7.30. The highest BCUT2D eigenvalue weighted by Crippen LogP contribution is 2.31. The summed E-state index contributed by atoms with van der Waals surface area (Å²) in [7, 11) is 0. The van der Waals surface area contributed by atoms with Gasteiger partial charge in [0, 0.05) is 31.6 Å². The van der Waals surface area contributed by atoms with Crippen LogP contribution in [0.15, 0.2) is 42.5 Å². The van der Waals surface area contributed by atoms with Crippen molar-refractivity contribution in [2.75, 3.05) is 13.2 Å². The largest absolute Gasteiger partial charge is 0.493 e. The van der Waals surface area contributed by atoms with E-state index < -0.39 is 0 Å². The number of unbranched alkanes of at least 4 members (excludes halogenated alkanes) is 1. The molecule has 5 heteroatoms. The zero-order valence-corrected chi connectivity index (χ0v) is 21.9. The number of hydrogen-bond donors (Lipinski definition) is 0. The van der Waals surface area contributed by atoms with E-state index in [0.29, 0.717) is 11.1 Å². The Bertz CT molecular complexity index is 1100. The highest BCUT2D eigenvalue weighted by Gasteiger charge is 2.21. The number of nitrogens with zero attached hydrogens (tertiary/aromatic N) is 3. The van der Waals surface area contributed by atoms with Crippen molar-refractivity contribution < 1.29 is 4.74 Å². The summed E-state index contributed by atoms with van der Waals surface area (Å²) in [4.78, 5) is 7.41. The Morgan fingerprint density at radius 1 is 1.15 bits per heavy atom. The number of halogens is 1. The van der Waals surface area contributed by atoms with Gasteiger partial charge < -0.3 is 9.30 Å². The molecule has 1 aliphatic heterocycles. The molecule has 2 heterocycles. The van der Waals surface area contributed by atoms with Crippen LogP contribution in [0.4, 0.5) is 0 Å². The number of fused-ring (bicyclic) bond motifs is 1. The summed E-state index contributed by atoms with van der Waals surface area (Å²) in [6, 6.07) is 15.1. The van der Waals surface area contributed by atoms with E-state index in [2.05, 4.69) is 79.6 Å². The Labute approximate surface area is 209 Å². The van der Waals surface area contributed by atoms with Gasteiger partial charge >= 0.3 is 0 Å². The van der Waals surface area contributed by atoms with E-state index in [9.17, 15) is 0 Å². The van der Waals surface area contributed by atoms with Crippen molar-refractivity contribution in [2.24, 2.45) is 5.92 Å². The highest BCUT2D eigenvalue weighted by molar-refractivity contribution is 6.30. The molecule has 0 N–H and O–H groups in total. The maximum absolute atomic E-state index is 6.84. The van der Waals surface area contributed by atoms with Crippen molar-refractivity contribution in [1.82, 2.24) is 14.5 Å². The van der Waals surface area contributed by atoms with Gasteiger partial charge in [0.15, 0.2) is 5.15 Å². The predicted molar refractivity (Wildman–Crippen MR) is 142 cm³/mol. The zero-order chi connectivity index (χ0) is 24.1. The summed E-state index contributed by atoms with van der Waals surface area (Å²) in [6.45, 7) is 13.4. The summed E-state index contributed by atoms with van der Waals surface area (Å²) >= 11 is 6.84. The third kappa shape index (κ3) is 5.84. The minimum atomic E-state index is 0.631. The number of rotatable bonds is 11. The van der Waals surface area contributed by atoms with Crippen LogP contribution in [-0.4, -0.2) is 27.6 Å². The van der Waals surface area contributed by atoms with Gasteiger partial charge in [0.2, 0.25) is 0 Å². The van der Waals surface area contributed by atoms with Gasteiger partial charge in [-0.3, -0.25) is 4.90 Å². The van der Waals surface area contributed by atoms with E-state index in [1.165, 1.54) is 22.3 Å². The number of aromatic nitrogens is 2. The third-order valence-electron chi connectivity index (χ3n) is 6.70. The van der Waals surface area contributed by atoms with Crippen LogP contribution in [0.5, 0.6) is 5.75 Å². The molecule has 3 aromatic rings. The van der Waals surface area contributed by atoms with Crippen molar-refractivity contribution in [3.63, 3.8) is 0 Å². The Hall–Kier alpha value is -2.30. The van der Waals surface area contributed by atoms with Crippen LogP contribution >= 0.6 is 11.6 Å². The Morgan fingerprint density at radius 3 is 2.74 bits per heavy atom. The van der Waals surface area contributed by atoms with Gasteiger partial charge in [-0.2, -0.15) is 0 Å². The zero-order valence-electron chi connectivity index (χ0n) is 21.1. The normalized spacial score (nSPS) is 13.0. The molecule has 0 spiro atoms. The topological polar surface area (TPSA) is 30.3 Å². The SMILES string of the molecule is CCCCn1c(-c2ccccc2C)nc(Cl)c1CN(CCC(C)C)Cc1ccc2c(c1)CCO2. The molecule has 0 saturated heterocycles. The van der Waals surface area contributed by atoms with Crippen molar-refractivity contribution >= 4 is 11.6 Å². The van der Waals surface area contributed by atoms with Crippen LogP contribution in [0.25, 0.3) is 11.4 Å². The number of benzene rings is 2. The molecule has 0 radical (unpaired) electrons. The van der Waals surface area contributed by atoms with Gasteiger partial charge in [-0.05, 0) is 55.0 Å². The van der Waals surface area contributed by atoms with Gasteiger partial charge in [-0.25, -0.2) is 4.98 Å². The van der Waals surface area contributed by atoms with E-state index in [0.717, 1.165) is 75.7 Å². The van der Waals surface area contributed by atoms with E-state index in [1.807, 2.05) is 0 Å². The first-order chi connectivity index (χ1) is 16.5. The van der Waals surface area contributed by atoms with Crippen molar-refractivity contribution in [1.29, 1.82) is 0 Å². The first-order valence-electron chi connectivity index (χ1n) is 12.7. The minimum absolute atomic E-state index is 0.631. The third-order valence-corrected chi connectivity index (χ3v) is 7.00. The maximum Gasteiger partial charge on any atom is 0.152 e. The van der Waals surface area contributed by atoms with Crippen LogP contribution in [0.2, 0.25) is 5.15 Å². The number of imidazole rings is 1. The Kier molecular flexibility index (Phi) is 8.33. The summed E-state index contributed by atoms with van der Waals surface area (Å²) in [5.74, 6) is 2.69. The molecule has 4 nitrogen and oxygen atoms in total. The van der Waals surface area contributed by atoms with Gasteiger partial charge in [0.1, 0.15) is 11.6 Å².